The quantitative estimate of drug-likeness (QED) is 0.486. The topological polar surface area (TPSA) is 63.3 Å². The van der Waals surface area contributed by atoms with Crippen LogP contribution in [0, 0.1) is 5.92 Å². The van der Waals surface area contributed by atoms with Gasteiger partial charge in [-0.25, -0.2) is 0 Å². The molecule has 0 aliphatic carbocycles. The Labute approximate surface area is 65.4 Å². The Kier molecular flexibility index (Phi) is 6.26. The van der Waals surface area contributed by atoms with Crippen LogP contribution in [-0.2, 0) is 4.79 Å². The van der Waals surface area contributed by atoms with Gasteiger partial charge in [-0.2, -0.15) is 0 Å². The highest BCUT2D eigenvalue weighted by molar-refractivity contribution is 5.75. The van der Waals surface area contributed by atoms with E-state index in [1.165, 1.54) is 0 Å². The molecular weight excluding hydrogens is 133 g/mol. The third-order valence-corrected chi connectivity index (χ3v) is 1.00. The van der Waals surface area contributed by atoms with Gasteiger partial charge in [0.05, 0.1) is 0 Å². The Morgan fingerprint density at radius 1 is 1.56 bits per heavy atom. The van der Waals surface area contributed by atoms with Gasteiger partial charge in [0.2, 0.25) is 0 Å². The van der Waals surface area contributed by atoms with Crippen LogP contribution in [0.3, 0.4) is 0 Å². The van der Waals surface area contributed by atoms with Crippen LogP contribution in [0.4, 0.5) is 0 Å². The number of carboxylic acids is 1. The lowest BCUT2D eigenvalue weighted by molar-refractivity contribution is -0.139. The fraction of sp³-hybridized carbons (Fsp3) is 0.800. The van der Waals surface area contributed by atoms with Crippen molar-refractivity contribution in [2.45, 2.75) is 19.9 Å². The van der Waals surface area contributed by atoms with Crippen LogP contribution >= 0.6 is 0 Å². The molecule has 0 aromatic carbocycles. The molecule has 0 unspecified atom stereocenters. The number of carboxylic acid groups (broad SMARTS) is 1. The van der Waals surface area contributed by atoms with Crippen molar-refractivity contribution in [1.82, 2.24) is 0 Å². The minimum Gasteiger partial charge on any atom is -0.480 e. The molecule has 0 aromatic heterocycles. The largest absolute Gasteiger partial charge is 0.480 e. The fourth-order valence-corrected chi connectivity index (χ4v) is 0.285. The molecule has 0 fully saturated rings. The van der Waals surface area contributed by atoms with Crippen molar-refractivity contribution in [2.24, 2.45) is 11.7 Å². The van der Waals surface area contributed by atoms with Crippen molar-refractivity contribution in [3.63, 3.8) is 0 Å². The first-order valence-electron chi connectivity index (χ1n) is 2.54. The number of hydrogen-bond donors (Lipinski definition) is 2. The van der Waals surface area contributed by atoms with Gasteiger partial charge < -0.3 is 10.8 Å². The molecule has 3 nitrogen and oxygen atoms in total. The van der Waals surface area contributed by atoms with Crippen molar-refractivity contribution >= 4 is 23.3 Å². The van der Waals surface area contributed by atoms with Crippen LogP contribution in [0.15, 0.2) is 0 Å². The van der Waals surface area contributed by atoms with Crippen LogP contribution in [0.2, 0.25) is 0 Å². The van der Waals surface area contributed by atoms with E-state index in [-0.39, 0.29) is 23.3 Å². The minimum absolute atomic E-state index is 0. The molecule has 9 heavy (non-hydrogen) atoms. The van der Waals surface area contributed by atoms with Crippen LogP contribution in [0.5, 0.6) is 0 Å². The zero-order valence-electron chi connectivity index (χ0n) is 5.09. The number of aliphatic carboxylic acids is 1. The maximum Gasteiger partial charge on any atom is 0.320 e. The van der Waals surface area contributed by atoms with Crippen molar-refractivity contribution in [1.29, 1.82) is 0 Å². The molecule has 3 N–H and O–H groups in total. The van der Waals surface area contributed by atoms with Crippen LogP contribution in [0.25, 0.3) is 0 Å². The molecular formula is C5H14AlNO2. The molecule has 0 aromatic rings. The molecule has 0 bridgehead atoms. The zero-order chi connectivity index (χ0) is 6.73. The molecule has 0 rings (SSSR count). The van der Waals surface area contributed by atoms with Crippen molar-refractivity contribution in [3.8, 4) is 0 Å². The molecule has 54 valence electrons. The van der Waals surface area contributed by atoms with E-state index in [4.69, 9.17) is 10.8 Å². The zero-order valence-corrected chi connectivity index (χ0v) is 5.09. The average molecular weight is 147 g/mol. The summed E-state index contributed by atoms with van der Waals surface area (Å²) in [4.78, 5) is 10.0. The first kappa shape index (κ1) is 11.7. The highest BCUT2D eigenvalue weighted by Crippen LogP contribution is 1.96. The normalized spacial score (nSPS) is 12.4. The van der Waals surface area contributed by atoms with E-state index in [2.05, 4.69) is 0 Å². The Morgan fingerprint density at radius 2 is 1.89 bits per heavy atom. The van der Waals surface area contributed by atoms with E-state index < -0.39 is 12.0 Å². The first-order valence-corrected chi connectivity index (χ1v) is 2.54. The maximum absolute atomic E-state index is 10.0. The standard InChI is InChI=1S/C5H11NO2.Al.3H/c1-3(2)4(6)5(7)8;;;;/h3-4H,6H2,1-2H3,(H,7,8);;;;/t4-;;;;/m0..../s1. The van der Waals surface area contributed by atoms with Gasteiger partial charge in [0.25, 0.3) is 0 Å². The van der Waals surface area contributed by atoms with E-state index in [1.807, 2.05) is 0 Å². The summed E-state index contributed by atoms with van der Waals surface area (Å²) >= 11 is 0. The van der Waals surface area contributed by atoms with Crippen molar-refractivity contribution in [3.05, 3.63) is 0 Å². The van der Waals surface area contributed by atoms with E-state index in [9.17, 15) is 4.79 Å². The number of hydrogen-bond acceptors (Lipinski definition) is 2. The Balaban J connectivity index is 0. The van der Waals surface area contributed by atoms with Gasteiger partial charge >= 0.3 is 5.97 Å². The maximum atomic E-state index is 10.0. The SMILES string of the molecule is CC(C)[C@H](N)C(=O)O.[AlH3]. The molecule has 1 atom stereocenters. The molecule has 0 spiro atoms. The van der Waals surface area contributed by atoms with Crippen molar-refractivity contribution < 1.29 is 9.90 Å². The summed E-state index contributed by atoms with van der Waals surface area (Å²) in [6, 6.07) is -0.713. The Bertz CT molecular complexity index is 95.0. The first-order chi connectivity index (χ1) is 3.55. The van der Waals surface area contributed by atoms with Gasteiger partial charge in [-0.15, -0.1) is 0 Å². The molecule has 4 heteroatoms. The second-order valence-electron chi connectivity index (χ2n) is 2.11. The number of carbonyl (C=O) groups is 1. The van der Waals surface area contributed by atoms with Gasteiger partial charge in [-0.3, -0.25) is 4.79 Å². The van der Waals surface area contributed by atoms with Gasteiger partial charge in [0.15, 0.2) is 17.4 Å². The summed E-state index contributed by atoms with van der Waals surface area (Å²) in [5, 5.41) is 8.23. The van der Waals surface area contributed by atoms with Gasteiger partial charge in [0, 0.05) is 0 Å². The monoisotopic (exact) mass is 147 g/mol. The molecule has 0 aliphatic rings. The Morgan fingerprint density at radius 3 is 1.89 bits per heavy atom. The number of nitrogens with two attached hydrogens (primary N) is 1. The third-order valence-electron chi connectivity index (χ3n) is 1.00. The molecule has 0 heterocycles. The van der Waals surface area contributed by atoms with Crippen molar-refractivity contribution in [2.75, 3.05) is 0 Å². The van der Waals surface area contributed by atoms with Gasteiger partial charge in [-0.05, 0) is 5.92 Å². The summed E-state index contributed by atoms with van der Waals surface area (Å²) in [6.45, 7) is 3.55. The summed E-state index contributed by atoms with van der Waals surface area (Å²) in [5.41, 5.74) is 5.16. The smallest absolute Gasteiger partial charge is 0.320 e. The highest BCUT2D eigenvalue weighted by Gasteiger charge is 2.14. The number of rotatable bonds is 2. The second kappa shape index (κ2) is 4.81. The summed E-state index contributed by atoms with van der Waals surface area (Å²) < 4.78 is 0. The molecule has 0 radical (unpaired) electrons. The predicted molar refractivity (Wildman–Crippen MR) is 40.4 cm³/mol. The van der Waals surface area contributed by atoms with E-state index >= 15 is 0 Å². The van der Waals surface area contributed by atoms with E-state index in [1.54, 1.807) is 13.8 Å². The summed E-state index contributed by atoms with van der Waals surface area (Å²) in [6.07, 6.45) is 0. The third kappa shape index (κ3) is 4.46. The average Bonchev–Trinajstić information content (AvgIpc) is 1.64. The van der Waals surface area contributed by atoms with Gasteiger partial charge in [0.1, 0.15) is 6.04 Å². The van der Waals surface area contributed by atoms with E-state index in [0.29, 0.717) is 0 Å². The van der Waals surface area contributed by atoms with Crippen LogP contribution in [0.1, 0.15) is 13.8 Å². The molecule has 0 amide bonds. The van der Waals surface area contributed by atoms with Crippen LogP contribution < -0.4 is 5.73 Å². The van der Waals surface area contributed by atoms with Gasteiger partial charge in [-0.1, -0.05) is 13.8 Å². The second-order valence-corrected chi connectivity index (χ2v) is 2.11. The lowest BCUT2D eigenvalue weighted by atomic mass is 10.1. The predicted octanol–water partition coefficient (Wildman–Crippen LogP) is -1.13. The summed E-state index contributed by atoms with van der Waals surface area (Å²) in [5.74, 6) is -0.910. The molecule has 0 aliphatic heterocycles. The minimum atomic E-state index is -0.931. The lowest BCUT2D eigenvalue weighted by Crippen LogP contribution is -2.34. The molecule has 0 saturated carbocycles. The fourth-order valence-electron chi connectivity index (χ4n) is 0.285. The highest BCUT2D eigenvalue weighted by atomic mass is 27.0. The summed E-state index contributed by atoms with van der Waals surface area (Å²) in [7, 11) is 0. The Hall–Kier alpha value is -0.0375. The molecule has 0 saturated heterocycles. The van der Waals surface area contributed by atoms with Crippen LogP contribution in [-0.4, -0.2) is 34.5 Å². The lowest BCUT2D eigenvalue weighted by Gasteiger charge is -2.07. The van der Waals surface area contributed by atoms with E-state index in [0.717, 1.165) is 0 Å².